The van der Waals surface area contributed by atoms with Crippen molar-refractivity contribution in [1.29, 1.82) is 0 Å². The van der Waals surface area contributed by atoms with Gasteiger partial charge in [-0.3, -0.25) is 4.79 Å². The molecule has 4 nitrogen and oxygen atoms in total. The molecule has 15 heavy (non-hydrogen) atoms. The fraction of sp³-hybridized carbons (Fsp3) is 0.273. The van der Waals surface area contributed by atoms with Crippen molar-refractivity contribution in [3.63, 3.8) is 0 Å². The molecule has 0 aromatic carbocycles. The average molecular weight is 206 g/mol. The van der Waals surface area contributed by atoms with Crippen molar-refractivity contribution in [1.82, 2.24) is 0 Å². The van der Waals surface area contributed by atoms with Gasteiger partial charge in [-0.2, -0.15) is 0 Å². The van der Waals surface area contributed by atoms with Crippen LogP contribution in [0.4, 0.5) is 0 Å². The summed E-state index contributed by atoms with van der Waals surface area (Å²) in [6.45, 7) is 0. The van der Waals surface area contributed by atoms with Crippen LogP contribution in [0.5, 0.6) is 0 Å². The second kappa shape index (κ2) is 3.73. The van der Waals surface area contributed by atoms with Crippen LogP contribution in [-0.2, 0) is 9.59 Å². The summed E-state index contributed by atoms with van der Waals surface area (Å²) >= 11 is 0. The summed E-state index contributed by atoms with van der Waals surface area (Å²) in [4.78, 5) is 22.1. The highest BCUT2D eigenvalue weighted by Gasteiger charge is 2.26. The van der Waals surface area contributed by atoms with E-state index in [9.17, 15) is 9.59 Å². The molecule has 1 aliphatic carbocycles. The zero-order chi connectivity index (χ0) is 10.8. The summed E-state index contributed by atoms with van der Waals surface area (Å²) in [5, 5.41) is 8.82. The van der Waals surface area contributed by atoms with Gasteiger partial charge in [0.05, 0.1) is 6.26 Å². The Morgan fingerprint density at radius 1 is 1.47 bits per heavy atom. The summed E-state index contributed by atoms with van der Waals surface area (Å²) in [6, 6.07) is 3.50. The molecule has 0 saturated carbocycles. The molecule has 78 valence electrons. The minimum absolute atomic E-state index is 0.136. The van der Waals surface area contributed by atoms with Crippen LogP contribution >= 0.6 is 0 Å². The smallest absolute Gasteiger partial charge is 0.331 e. The molecule has 1 heterocycles. The van der Waals surface area contributed by atoms with Crippen molar-refractivity contribution in [3.8, 4) is 0 Å². The van der Waals surface area contributed by atoms with E-state index in [1.165, 1.54) is 12.3 Å². The Morgan fingerprint density at radius 3 is 2.87 bits per heavy atom. The first kappa shape index (κ1) is 9.71. The van der Waals surface area contributed by atoms with Crippen LogP contribution < -0.4 is 0 Å². The second-order valence-electron chi connectivity index (χ2n) is 3.56. The lowest BCUT2D eigenvalue weighted by atomic mass is 9.86. The number of carboxylic acid groups (broad SMARTS) is 1. The Balaban J connectivity index is 2.23. The van der Waals surface area contributed by atoms with E-state index < -0.39 is 5.97 Å². The number of carbonyl (C=O) groups excluding carboxylic acids is 1. The molecule has 0 radical (unpaired) electrons. The van der Waals surface area contributed by atoms with Gasteiger partial charge < -0.3 is 9.52 Å². The van der Waals surface area contributed by atoms with Gasteiger partial charge in [-0.1, -0.05) is 0 Å². The molecule has 0 saturated heterocycles. The van der Waals surface area contributed by atoms with E-state index in [-0.39, 0.29) is 17.3 Å². The SMILES string of the molecule is O=C1C=C(C(=O)O)CC(c2ccco2)C1. The number of hydrogen-bond acceptors (Lipinski definition) is 3. The Kier molecular flexibility index (Phi) is 2.41. The number of rotatable bonds is 2. The average Bonchev–Trinajstić information content (AvgIpc) is 2.69. The molecule has 1 unspecified atom stereocenters. The van der Waals surface area contributed by atoms with E-state index in [1.54, 1.807) is 12.1 Å². The standard InChI is InChI=1S/C11H10O4/c12-9-5-7(10-2-1-3-15-10)4-8(6-9)11(13)14/h1-3,6-7H,4-5H2,(H,13,14). The third-order valence-electron chi connectivity index (χ3n) is 2.47. The Hall–Kier alpha value is -1.84. The van der Waals surface area contributed by atoms with E-state index in [1.807, 2.05) is 0 Å². The van der Waals surface area contributed by atoms with Crippen LogP contribution in [0, 0.1) is 0 Å². The molecule has 2 rings (SSSR count). The molecule has 4 heteroatoms. The van der Waals surface area contributed by atoms with E-state index in [0.29, 0.717) is 18.6 Å². The lowest BCUT2D eigenvalue weighted by Crippen LogP contribution is -2.16. The van der Waals surface area contributed by atoms with Crippen molar-refractivity contribution < 1.29 is 19.1 Å². The van der Waals surface area contributed by atoms with Gasteiger partial charge in [-0.15, -0.1) is 0 Å². The lowest BCUT2D eigenvalue weighted by molar-refractivity contribution is -0.133. The maximum Gasteiger partial charge on any atom is 0.331 e. The molecule has 1 aromatic heterocycles. The van der Waals surface area contributed by atoms with Crippen molar-refractivity contribution in [2.75, 3.05) is 0 Å². The largest absolute Gasteiger partial charge is 0.478 e. The first-order valence-corrected chi connectivity index (χ1v) is 4.67. The number of allylic oxidation sites excluding steroid dienone is 1. The fourth-order valence-corrected chi connectivity index (χ4v) is 1.77. The van der Waals surface area contributed by atoms with Crippen LogP contribution in [0.1, 0.15) is 24.5 Å². The maximum absolute atomic E-state index is 11.3. The van der Waals surface area contributed by atoms with Crippen molar-refractivity contribution in [2.24, 2.45) is 0 Å². The number of furan rings is 1. The van der Waals surface area contributed by atoms with Gasteiger partial charge in [0.2, 0.25) is 0 Å². The zero-order valence-corrected chi connectivity index (χ0v) is 7.97. The molecular weight excluding hydrogens is 196 g/mol. The molecule has 0 spiro atoms. The minimum atomic E-state index is -1.03. The van der Waals surface area contributed by atoms with E-state index in [4.69, 9.17) is 9.52 Å². The van der Waals surface area contributed by atoms with Crippen LogP contribution in [0.3, 0.4) is 0 Å². The summed E-state index contributed by atoms with van der Waals surface area (Å²) < 4.78 is 5.18. The van der Waals surface area contributed by atoms with Gasteiger partial charge in [0.15, 0.2) is 5.78 Å². The number of aliphatic carboxylic acids is 1. The van der Waals surface area contributed by atoms with Crippen molar-refractivity contribution >= 4 is 11.8 Å². The summed E-state index contributed by atoms with van der Waals surface area (Å²) in [5.41, 5.74) is 0.160. The van der Waals surface area contributed by atoms with Gasteiger partial charge in [-0.05, 0) is 24.6 Å². The number of ketones is 1. The molecule has 0 fully saturated rings. The Bertz CT molecular complexity index is 414. The fourth-order valence-electron chi connectivity index (χ4n) is 1.77. The second-order valence-corrected chi connectivity index (χ2v) is 3.56. The number of carboxylic acids is 1. The molecule has 1 atom stereocenters. The minimum Gasteiger partial charge on any atom is -0.478 e. The van der Waals surface area contributed by atoms with Gasteiger partial charge >= 0.3 is 5.97 Å². The van der Waals surface area contributed by atoms with E-state index in [2.05, 4.69) is 0 Å². The third-order valence-corrected chi connectivity index (χ3v) is 2.47. The number of hydrogen-bond donors (Lipinski definition) is 1. The van der Waals surface area contributed by atoms with Crippen LogP contribution in [0.15, 0.2) is 34.5 Å². The maximum atomic E-state index is 11.3. The first-order valence-electron chi connectivity index (χ1n) is 4.67. The quantitative estimate of drug-likeness (QED) is 0.800. The molecule has 1 N–H and O–H groups in total. The predicted octanol–water partition coefficient (Wildman–Crippen LogP) is 1.74. The highest BCUT2D eigenvalue weighted by Crippen LogP contribution is 2.31. The highest BCUT2D eigenvalue weighted by atomic mass is 16.4. The normalized spacial score (nSPS) is 21.2. The topological polar surface area (TPSA) is 67.5 Å². The summed E-state index contributed by atoms with van der Waals surface area (Å²) in [6.07, 6.45) is 3.42. The third kappa shape index (κ3) is 1.98. The molecule has 1 aromatic rings. The molecule has 0 bridgehead atoms. The summed E-state index contributed by atoms with van der Waals surface area (Å²) in [5.74, 6) is -0.640. The monoisotopic (exact) mass is 206 g/mol. The molecule has 0 amide bonds. The van der Waals surface area contributed by atoms with Gasteiger partial charge in [-0.25, -0.2) is 4.79 Å². The highest BCUT2D eigenvalue weighted by molar-refractivity contribution is 6.00. The zero-order valence-electron chi connectivity index (χ0n) is 7.97. The summed E-state index contributed by atoms with van der Waals surface area (Å²) in [7, 11) is 0. The molecule has 1 aliphatic rings. The molecular formula is C11H10O4. The van der Waals surface area contributed by atoms with Crippen LogP contribution in [-0.4, -0.2) is 16.9 Å². The first-order chi connectivity index (χ1) is 7.16. The molecule has 0 aliphatic heterocycles. The van der Waals surface area contributed by atoms with Gasteiger partial charge in [0.1, 0.15) is 5.76 Å². The Labute approximate surface area is 86.2 Å². The van der Waals surface area contributed by atoms with E-state index >= 15 is 0 Å². The van der Waals surface area contributed by atoms with Gasteiger partial charge in [0, 0.05) is 17.9 Å². The number of carbonyl (C=O) groups is 2. The van der Waals surface area contributed by atoms with Crippen LogP contribution in [0.25, 0.3) is 0 Å². The van der Waals surface area contributed by atoms with E-state index in [0.717, 1.165) is 0 Å². The van der Waals surface area contributed by atoms with Gasteiger partial charge in [0.25, 0.3) is 0 Å². The van der Waals surface area contributed by atoms with Crippen LogP contribution in [0.2, 0.25) is 0 Å². The Morgan fingerprint density at radius 2 is 2.27 bits per heavy atom. The lowest BCUT2D eigenvalue weighted by Gasteiger charge is -2.17. The van der Waals surface area contributed by atoms with Crippen molar-refractivity contribution in [2.45, 2.75) is 18.8 Å². The van der Waals surface area contributed by atoms with Crippen molar-refractivity contribution in [3.05, 3.63) is 35.8 Å². The predicted molar refractivity (Wildman–Crippen MR) is 51.4 cm³/mol.